The molecule has 2 atom stereocenters. The first-order chi connectivity index (χ1) is 12.7. The zero-order valence-electron chi connectivity index (χ0n) is 15.4. The number of methoxy groups -OCH3 is 1. The maximum absolute atomic E-state index is 5.39. The second-order valence-electron chi connectivity index (χ2n) is 5.93. The molecule has 1 saturated heterocycles. The summed E-state index contributed by atoms with van der Waals surface area (Å²) in [6.07, 6.45) is 0.692. The molecule has 3 aromatic rings. The van der Waals surface area contributed by atoms with Crippen LogP contribution in [0.2, 0.25) is 0 Å². The van der Waals surface area contributed by atoms with E-state index in [1.54, 1.807) is 18.9 Å². The van der Waals surface area contributed by atoms with Crippen LogP contribution in [0.15, 0.2) is 50.8 Å². The molecule has 0 amide bonds. The van der Waals surface area contributed by atoms with Gasteiger partial charge in [-0.3, -0.25) is 4.63 Å². The van der Waals surface area contributed by atoms with Crippen molar-refractivity contribution in [3.05, 3.63) is 47.8 Å². The zero-order chi connectivity index (χ0) is 18.4. The SMILES string of the molecule is CC1C[N-]CC(C)O1.COc1ccc(Sc2cc[c-]c3nonc23)cc1.[Tc]. The first-order valence-corrected chi connectivity index (χ1v) is 9.21. The predicted molar refractivity (Wildman–Crippen MR) is 101 cm³/mol. The van der Waals surface area contributed by atoms with Crippen molar-refractivity contribution < 1.29 is 34.2 Å². The van der Waals surface area contributed by atoms with Crippen LogP contribution in [0.5, 0.6) is 5.75 Å². The number of ether oxygens (including phenoxy) is 2. The number of morpholine rings is 1. The van der Waals surface area contributed by atoms with Gasteiger partial charge in [0, 0.05) is 48.2 Å². The van der Waals surface area contributed by atoms with Gasteiger partial charge in [0.15, 0.2) is 0 Å². The molecule has 0 saturated carbocycles. The van der Waals surface area contributed by atoms with Crippen molar-refractivity contribution in [1.29, 1.82) is 0 Å². The van der Waals surface area contributed by atoms with Gasteiger partial charge in [0.05, 0.1) is 7.11 Å². The van der Waals surface area contributed by atoms with Crippen LogP contribution in [-0.4, -0.2) is 42.7 Å². The smallest absolute Gasteiger partial charge is 0.118 e. The van der Waals surface area contributed by atoms with E-state index in [-0.39, 0.29) is 20.1 Å². The van der Waals surface area contributed by atoms with Crippen molar-refractivity contribution in [3.8, 4) is 5.75 Å². The van der Waals surface area contributed by atoms with E-state index in [1.807, 2.05) is 36.4 Å². The second-order valence-corrected chi connectivity index (χ2v) is 7.04. The van der Waals surface area contributed by atoms with Crippen molar-refractivity contribution >= 4 is 22.8 Å². The van der Waals surface area contributed by atoms with Crippen LogP contribution in [0.3, 0.4) is 0 Å². The van der Waals surface area contributed by atoms with Crippen molar-refractivity contribution in [2.24, 2.45) is 0 Å². The topological polar surface area (TPSA) is 71.5 Å². The van der Waals surface area contributed by atoms with Crippen LogP contribution in [0.1, 0.15) is 13.8 Å². The summed E-state index contributed by atoms with van der Waals surface area (Å²) in [4.78, 5) is 2.10. The van der Waals surface area contributed by atoms with Gasteiger partial charge in [0.2, 0.25) is 0 Å². The van der Waals surface area contributed by atoms with E-state index in [9.17, 15) is 0 Å². The maximum Gasteiger partial charge on any atom is 0.118 e. The van der Waals surface area contributed by atoms with Crippen LogP contribution >= 0.6 is 11.8 Å². The van der Waals surface area contributed by atoms with Gasteiger partial charge in [0.25, 0.3) is 0 Å². The molecule has 1 aliphatic heterocycles. The van der Waals surface area contributed by atoms with E-state index < -0.39 is 0 Å². The number of hydrogen-bond acceptors (Lipinski definition) is 6. The Bertz CT molecular complexity index is 820. The maximum atomic E-state index is 5.39. The summed E-state index contributed by atoms with van der Waals surface area (Å²) in [5, 5.41) is 11.9. The van der Waals surface area contributed by atoms with Crippen LogP contribution < -0.4 is 4.74 Å². The van der Waals surface area contributed by atoms with Crippen molar-refractivity contribution in [3.63, 3.8) is 0 Å². The molecule has 0 N–H and O–H groups in total. The Kier molecular flexibility index (Phi) is 8.73. The summed E-state index contributed by atoms with van der Waals surface area (Å²) in [7, 11) is 1.65. The molecule has 2 heterocycles. The monoisotopic (exact) mass is 468 g/mol. The third kappa shape index (κ3) is 6.29. The molecule has 1 fully saturated rings. The number of aromatic nitrogens is 2. The van der Waals surface area contributed by atoms with E-state index in [0.717, 1.165) is 34.1 Å². The van der Waals surface area contributed by atoms with E-state index in [1.165, 1.54) is 0 Å². The van der Waals surface area contributed by atoms with Crippen LogP contribution in [0.4, 0.5) is 0 Å². The largest absolute Gasteiger partial charge is 0.658 e. The zero-order valence-corrected chi connectivity index (χ0v) is 18.1. The number of nitrogens with zero attached hydrogens (tertiary/aromatic N) is 3. The quantitative estimate of drug-likeness (QED) is 0.532. The second kappa shape index (κ2) is 10.8. The average Bonchev–Trinajstić information content (AvgIpc) is 3.13. The molecule has 6 nitrogen and oxygen atoms in total. The molecular formula is C19H21N3O3STc-2. The standard InChI is InChI=1S/C13H9N2O2S.C6H12NO.Tc/c1-16-9-5-7-10(8-6-9)18-12-4-2-3-11-13(12)15-17-14-11;1-5-3-7-4-6(2)8-5;/h2,4-8H,1H3;5-6H,3-4H2,1-2H3;/q2*-1;. The summed E-state index contributed by atoms with van der Waals surface area (Å²) in [6.45, 7) is 5.87. The average molecular weight is 469 g/mol. The molecule has 1 aliphatic rings. The molecular weight excluding hydrogens is 448 g/mol. The molecule has 0 bridgehead atoms. The van der Waals surface area contributed by atoms with E-state index in [0.29, 0.717) is 17.7 Å². The van der Waals surface area contributed by atoms with Gasteiger partial charge in [-0.05, 0) is 38.1 Å². The molecule has 145 valence electrons. The molecule has 0 aliphatic carbocycles. The summed E-state index contributed by atoms with van der Waals surface area (Å²) in [6, 6.07) is 14.6. The van der Waals surface area contributed by atoms with Crippen molar-refractivity contribution in [2.75, 3.05) is 20.2 Å². The molecule has 8 heteroatoms. The van der Waals surface area contributed by atoms with Crippen molar-refractivity contribution in [2.45, 2.75) is 35.8 Å². The molecule has 0 spiro atoms. The predicted octanol–water partition coefficient (Wildman–Crippen LogP) is 4.35. The van der Waals surface area contributed by atoms with Gasteiger partial charge >= 0.3 is 0 Å². The molecule has 1 radical (unpaired) electrons. The molecule has 4 rings (SSSR count). The molecule has 2 aromatic carbocycles. The Labute approximate surface area is 176 Å². The Morgan fingerprint density at radius 1 is 1.11 bits per heavy atom. The van der Waals surface area contributed by atoms with Crippen LogP contribution in [0.25, 0.3) is 16.4 Å². The third-order valence-corrected chi connectivity index (χ3v) is 4.76. The molecule has 27 heavy (non-hydrogen) atoms. The first-order valence-electron chi connectivity index (χ1n) is 8.39. The van der Waals surface area contributed by atoms with Gasteiger partial charge < -0.3 is 14.8 Å². The van der Waals surface area contributed by atoms with Gasteiger partial charge in [-0.2, -0.15) is 18.2 Å². The van der Waals surface area contributed by atoms with Crippen LogP contribution in [-0.2, 0) is 24.8 Å². The summed E-state index contributed by atoms with van der Waals surface area (Å²) < 4.78 is 15.2. The van der Waals surface area contributed by atoms with E-state index >= 15 is 0 Å². The number of hydrogen-bond donors (Lipinski definition) is 0. The van der Waals surface area contributed by atoms with Gasteiger partial charge in [-0.1, -0.05) is 10.1 Å². The van der Waals surface area contributed by atoms with E-state index in [2.05, 4.69) is 35.5 Å². The normalized spacial score (nSPS) is 18.9. The Morgan fingerprint density at radius 3 is 2.41 bits per heavy atom. The third-order valence-electron chi connectivity index (χ3n) is 3.70. The summed E-state index contributed by atoms with van der Waals surface area (Å²) >= 11 is 1.60. The molecule has 2 unspecified atom stereocenters. The number of benzene rings is 2. The Morgan fingerprint density at radius 2 is 1.81 bits per heavy atom. The van der Waals surface area contributed by atoms with Gasteiger partial charge in [-0.15, -0.1) is 30.0 Å². The molecule has 1 aromatic heterocycles. The summed E-state index contributed by atoms with van der Waals surface area (Å²) in [5.41, 5.74) is 1.38. The minimum atomic E-state index is 0. The first kappa shape index (κ1) is 21.9. The van der Waals surface area contributed by atoms with E-state index in [4.69, 9.17) is 14.1 Å². The summed E-state index contributed by atoms with van der Waals surface area (Å²) in [5.74, 6) is 0.842. The minimum Gasteiger partial charge on any atom is -0.658 e. The fourth-order valence-corrected chi connectivity index (χ4v) is 3.39. The number of fused-ring (bicyclic) bond motifs is 1. The van der Waals surface area contributed by atoms with Crippen LogP contribution in [0, 0.1) is 6.07 Å². The minimum absolute atomic E-state index is 0. The number of rotatable bonds is 3. The van der Waals surface area contributed by atoms with Gasteiger partial charge in [-0.25, -0.2) is 0 Å². The fraction of sp³-hybridized carbons (Fsp3) is 0.368. The Hall–Kier alpha value is -1.44. The van der Waals surface area contributed by atoms with Crippen molar-refractivity contribution in [1.82, 2.24) is 10.3 Å². The Balaban J connectivity index is 0.000000247. The fourth-order valence-electron chi connectivity index (χ4n) is 2.49. The van der Waals surface area contributed by atoms with Gasteiger partial charge in [0.1, 0.15) is 5.75 Å².